The number of ether oxygens (including phenoxy) is 1. The van der Waals surface area contributed by atoms with Crippen molar-refractivity contribution in [3.63, 3.8) is 0 Å². The third kappa shape index (κ3) is 4.45. The predicted octanol–water partition coefficient (Wildman–Crippen LogP) is -0.0639. The molecule has 116 valence electrons. The topological polar surface area (TPSA) is 61.9 Å². The second-order valence-corrected chi connectivity index (χ2v) is 5.87. The molecule has 20 heavy (non-hydrogen) atoms. The van der Waals surface area contributed by atoms with Gasteiger partial charge in [0.05, 0.1) is 13.2 Å². The fourth-order valence-corrected chi connectivity index (χ4v) is 2.31. The summed E-state index contributed by atoms with van der Waals surface area (Å²) in [6.45, 7) is 8.02. The summed E-state index contributed by atoms with van der Waals surface area (Å²) >= 11 is 0. The summed E-state index contributed by atoms with van der Waals surface area (Å²) in [4.78, 5) is 27.9. The Labute approximate surface area is 121 Å². The molecule has 0 aliphatic carbocycles. The summed E-state index contributed by atoms with van der Waals surface area (Å²) in [6.07, 6.45) is 0. The molecule has 2 atom stereocenters. The van der Waals surface area contributed by atoms with Crippen molar-refractivity contribution < 1.29 is 14.3 Å². The van der Waals surface area contributed by atoms with Gasteiger partial charge in [0.25, 0.3) is 0 Å². The normalized spacial score (nSPS) is 23.6. The van der Waals surface area contributed by atoms with Gasteiger partial charge in [0.2, 0.25) is 11.8 Å². The summed E-state index contributed by atoms with van der Waals surface area (Å²) < 4.78 is 5.53. The average Bonchev–Trinajstić information content (AvgIpc) is 2.33. The maximum absolute atomic E-state index is 12.2. The predicted molar refractivity (Wildman–Crippen MR) is 77.3 cm³/mol. The quantitative estimate of drug-likeness (QED) is 0.666. The zero-order valence-electron chi connectivity index (χ0n) is 13.2. The van der Waals surface area contributed by atoms with E-state index >= 15 is 0 Å². The molecule has 1 rings (SSSR count). The maximum atomic E-state index is 12.2. The first-order valence-corrected chi connectivity index (χ1v) is 7.18. The first-order valence-electron chi connectivity index (χ1n) is 7.18. The molecule has 0 spiro atoms. The lowest BCUT2D eigenvalue weighted by atomic mass is 9.97. The molecule has 0 radical (unpaired) electrons. The fourth-order valence-electron chi connectivity index (χ4n) is 2.31. The Morgan fingerprint density at radius 2 is 1.95 bits per heavy atom. The van der Waals surface area contributed by atoms with E-state index < -0.39 is 12.1 Å². The van der Waals surface area contributed by atoms with Crippen molar-refractivity contribution in [3.05, 3.63) is 0 Å². The number of rotatable bonds is 7. The third-order valence-corrected chi connectivity index (χ3v) is 3.41. The highest BCUT2D eigenvalue weighted by Gasteiger charge is 2.39. The molecule has 6 heteroatoms. The minimum atomic E-state index is -0.445. The van der Waals surface area contributed by atoms with Crippen molar-refractivity contribution in [2.75, 3.05) is 40.4 Å². The third-order valence-electron chi connectivity index (χ3n) is 3.41. The summed E-state index contributed by atoms with van der Waals surface area (Å²) in [7, 11) is 3.97. The Morgan fingerprint density at radius 3 is 2.50 bits per heavy atom. The Hall–Kier alpha value is -1.14. The van der Waals surface area contributed by atoms with Crippen molar-refractivity contribution >= 4 is 11.8 Å². The first-order chi connectivity index (χ1) is 9.34. The van der Waals surface area contributed by atoms with Gasteiger partial charge in [0.1, 0.15) is 12.1 Å². The lowest BCUT2D eigenvalue weighted by molar-refractivity contribution is -0.151. The molecule has 0 aromatic heterocycles. The van der Waals surface area contributed by atoms with E-state index in [1.54, 1.807) is 11.8 Å². The molecular weight excluding hydrogens is 258 g/mol. The van der Waals surface area contributed by atoms with E-state index in [0.717, 1.165) is 6.54 Å². The summed E-state index contributed by atoms with van der Waals surface area (Å²) in [5.41, 5.74) is 0. The molecule has 0 bridgehead atoms. The minimum absolute atomic E-state index is 0.0282. The van der Waals surface area contributed by atoms with Gasteiger partial charge in [0.15, 0.2) is 0 Å². The molecule has 1 aliphatic rings. The van der Waals surface area contributed by atoms with Crippen LogP contribution in [0.1, 0.15) is 20.8 Å². The van der Waals surface area contributed by atoms with Crippen LogP contribution >= 0.6 is 0 Å². The van der Waals surface area contributed by atoms with Gasteiger partial charge in [0, 0.05) is 13.1 Å². The van der Waals surface area contributed by atoms with Gasteiger partial charge >= 0.3 is 0 Å². The van der Waals surface area contributed by atoms with Crippen molar-refractivity contribution in [1.82, 2.24) is 15.1 Å². The van der Waals surface area contributed by atoms with Crippen LogP contribution in [0, 0.1) is 5.92 Å². The molecular formula is C14H27N3O3. The highest BCUT2D eigenvalue weighted by atomic mass is 16.5. The van der Waals surface area contributed by atoms with Crippen molar-refractivity contribution in [1.29, 1.82) is 0 Å². The van der Waals surface area contributed by atoms with Crippen LogP contribution in [-0.4, -0.2) is 74.1 Å². The first kappa shape index (κ1) is 16.9. The molecule has 1 aliphatic heterocycles. The van der Waals surface area contributed by atoms with Gasteiger partial charge in [-0.2, -0.15) is 0 Å². The van der Waals surface area contributed by atoms with E-state index in [-0.39, 0.29) is 17.7 Å². The molecule has 1 fully saturated rings. The molecule has 1 heterocycles. The van der Waals surface area contributed by atoms with Crippen LogP contribution in [0.15, 0.2) is 0 Å². The van der Waals surface area contributed by atoms with Crippen molar-refractivity contribution in [2.45, 2.75) is 32.9 Å². The van der Waals surface area contributed by atoms with Crippen LogP contribution in [0.5, 0.6) is 0 Å². The second-order valence-electron chi connectivity index (χ2n) is 5.87. The smallest absolute Gasteiger partial charge is 0.245 e. The number of hydrogen-bond acceptors (Lipinski definition) is 4. The molecule has 2 amide bonds. The van der Waals surface area contributed by atoms with Gasteiger partial charge in [-0.1, -0.05) is 13.8 Å². The van der Waals surface area contributed by atoms with E-state index in [1.165, 1.54) is 0 Å². The highest BCUT2D eigenvalue weighted by molar-refractivity contribution is 5.96. The van der Waals surface area contributed by atoms with Gasteiger partial charge in [-0.15, -0.1) is 0 Å². The number of piperazine rings is 1. The lowest BCUT2D eigenvalue weighted by Crippen LogP contribution is -2.64. The molecule has 1 saturated heterocycles. The average molecular weight is 285 g/mol. The van der Waals surface area contributed by atoms with Crippen LogP contribution in [-0.2, 0) is 14.3 Å². The lowest BCUT2D eigenvalue weighted by Gasteiger charge is -2.39. The van der Waals surface area contributed by atoms with Gasteiger partial charge in [-0.05, 0) is 26.9 Å². The van der Waals surface area contributed by atoms with Gasteiger partial charge in [-0.3, -0.25) is 9.59 Å². The van der Waals surface area contributed by atoms with E-state index in [0.29, 0.717) is 19.8 Å². The molecule has 0 aromatic carbocycles. The van der Waals surface area contributed by atoms with Gasteiger partial charge in [-0.25, -0.2) is 0 Å². The molecule has 6 nitrogen and oxygen atoms in total. The zero-order valence-corrected chi connectivity index (χ0v) is 13.2. The van der Waals surface area contributed by atoms with Gasteiger partial charge < -0.3 is 19.9 Å². The van der Waals surface area contributed by atoms with Crippen LogP contribution in [0.3, 0.4) is 0 Å². The van der Waals surface area contributed by atoms with E-state index in [9.17, 15) is 9.59 Å². The number of carbonyl (C=O) groups excluding carboxylic acids is 2. The standard InChI is InChI=1S/C14H27N3O3/c1-10(2)12-13(18)15-11(3)14(19)17(12)7-9-20-8-6-16(4)5/h10-12H,6-9H2,1-5H3,(H,15,18). The number of amides is 2. The number of carbonyl (C=O) groups is 2. The Morgan fingerprint density at radius 1 is 1.30 bits per heavy atom. The van der Waals surface area contributed by atoms with Crippen LogP contribution in [0.4, 0.5) is 0 Å². The zero-order chi connectivity index (χ0) is 15.3. The summed E-state index contributed by atoms with van der Waals surface area (Å²) in [6, 6.07) is -0.838. The summed E-state index contributed by atoms with van der Waals surface area (Å²) in [5, 5.41) is 2.73. The van der Waals surface area contributed by atoms with Crippen LogP contribution < -0.4 is 5.32 Å². The Kier molecular flexibility index (Phi) is 6.42. The second kappa shape index (κ2) is 7.59. The number of nitrogens with one attached hydrogen (secondary N) is 1. The maximum Gasteiger partial charge on any atom is 0.245 e. The van der Waals surface area contributed by atoms with Crippen molar-refractivity contribution in [3.8, 4) is 0 Å². The highest BCUT2D eigenvalue weighted by Crippen LogP contribution is 2.17. The molecule has 0 saturated carbocycles. The fraction of sp³-hybridized carbons (Fsp3) is 0.857. The molecule has 1 N–H and O–H groups in total. The van der Waals surface area contributed by atoms with Crippen molar-refractivity contribution in [2.24, 2.45) is 5.92 Å². The van der Waals surface area contributed by atoms with E-state index in [4.69, 9.17) is 4.74 Å². The molecule has 0 aromatic rings. The minimum Gasteiger partial charge on any atom is -0.378 e. The summed E-state index contributed by atoms with van der Waals surface area (Å²) in [5.74, 6) is -0.00636. The van der Waals surface area contributed by atoms with Crippen LogP contribution in [0.2, 0.25) is 0 Å². The SMILES string of the molecule is CC1NC(=O)C(C(C)C)N(CCOCCN(C)C)C1=O. The largest absolute Gasteiger partial charge is 0.378 e. The number of hydrogen-bond donors (Lipinski definition) is 1. The molecule has 2 unspecified atom stereocenters. The Bertz CT molecular complexity index is 345. The van der Waals surface area contributed by atoms with E-state index in [1.807, 2.05) is 32.8 Å². The van der Waals surface area contributed by atoms with E-state index in [2.05, 4.69) is 5.32 Å². The van der Waals surface area contributed by atoms with Crippen LogP contribution in [0.25, 0.3) is 0 Å². The number of likely N-dealkylation sites (N-methyl/N-ethyl adjacent to an activating group) is 1. The number of nitrogens with zero attached hydrogens (tertiary/aromatic N) is 2. The Balaban J connectivity index is 2.53. The monoisotopic (exact) mass is 285 g/mol.